The Kier molecular flexibility index (Phi) is 45.5. The van der Waals surface area contributed by atoms with Crippen molar-refractivity contribution in [3.05, 3.63) is 311 Å². The molecule has 0 saturated heterocycles. The van der Waals surface area contributed by atoms with E-state index in [0.29, 0.717) is 45.1 Å². The molecule has 0 spiro atoms. The highest BCUT2D eigenvalue weighted by Crippen LogP contribution is 2.35. The summed E-state index contributed by atoms with van der Waals surface area (Å²) in [5.41, 5.74) is 20.2. The Morgan fingerprint density at radius 2 is 0.556 bits per heavy atom. The lowest BCUT2D eigenvalue weighted by atomic mass is 9.85. The summed E-state index contributed by atoms with van der Waals surface area (Å²) in [4.78, 5) is 0. The third-order valence-electron chi connectivity index (χ3n) is 17.2. The summed E-state index contributed by atoms with van der Waals surface area (Å²) < 4.78 is 53.1. The van der Waals surface area contributed by atoms with Crippen molar-refractivity contribution in [3.8, 4) is 0 Å². The molecule has 0 amide bonds. The van der Waals surface area contributed by atoms with Gasteiger partial charge in [0.25, 0.3) is 0 Å². The number of hydrogen-bond acceptors (Lipinski definition) is 0. The molecule has 0 saturated carbocycles. The first-order valence-corrected chi connectivity index (χ1v) is 43.7. The maximum absolute atomic E-state index is 13.5. The van der Waals surface area contributed by atoms with Gasteiger partial charge in [-0.2, -0.15) is 0 Å². The van der Waals surface area contributed by atoms with Crippen LogP contribution in [0.5, 0.6) is 0 Å². The molecule has 9 aromatic carbocycles. The van der Waals surface area contributed by atoms with Gasteiger partial charge in [-0.25, -0.2) is 17.6 Å². The van der Waals surface area contributed by atoms with Crippen LogP contribution in [0.2, 0.25) is 35.2 Å². The Labute approximate surface area is 746 Å². The van der Waals surface area contributed by atoms with Crippen molar-refractivity contribution in [3.63, 3.8) is 0 Å². The molecule has 0 atom stereocenters. The zero-order chi connectivity index (χ0) is 90.5. The van der Waals surface area contributed by atoms with Gasteiger partial charge in [0.05, 0.1) is 0 Å². The first kappa shape index (κ1) is 110. The molecular formula is C106H147Cl7F4. The predicted molar refractivity (Wildman–Crippen MR) is 514 cm³/mol. The molecule has 0 fully saturated rings. The molecule has 0 bridgehead atoms. The smallest absolute Gasteiger partial charge is 0.129 e. The van der Waals surface area contributed by atoms with E-state index in [1.165, 1.54) is 86.3 Å². The summed E-state index contributed by atoms with van der Waals surface area (Å²) in [5, 5.41) is 5.36. The fraction of sp³-hybridized carbons (Fsp3) is 0.491. The van der Waals surface area contributed by atoms with E-state index in [-0.39, 0.29) is 44.3 Å². The molecule has 0 aliphatic carbocycles. The second kappa shape index (κ2) is 48.5. The third kappa shape index (κ3) is 51.3. The van der Waals surface area contributed by atoms with Crippen molar-refractivity contribution in [1.29, 1.82) is 0 Å². The topological polar surface area (TPSA) is 0 Å². The fourth-order valence-electron chi connectivity index (χ4n) is 12.6. The van der Waals surface area contributed by atoms with E-state index in [1.807, 2.05) is 94.4 Å². The lowest BCUT2D eigenvalue weighted by Crippen LogP contribution is -2.12. The molecule has 0 heterocycles. The van der Waals surface area contributed by atoms with Gasteiger partial charge < -0.3 is 0 Å². The lowest BCUT2D eigenvalue weighted by Gasteiger charge is -2.20. The van der Waals surface area contributed by atoms with Crippen LogP contribution in [0, 0.1) is 120 Å². The van der Waals surface area contributed by atoms with Crippen LogP contribution in [0.25, 0.3) is 0 Å². The van der Waals surface area contributed by atoms with Gasteiger partial charge in [0.2, 0.25) is 0 Å². The largest absolute Gasteiger partial charge is 0.207 e. The first-order chi connectivity index (χ1) is 53.0. The Bertz CT molecular complexity index is 4080. The highest BCUT2D eigenvalue weighted by molar-refractivity contribution is 6.36. The summed E-state index contributed by atoms with van der Waals surface area (Å²) >= 11 is 42.0. The minimum atomic E-state index is -0.449. The molecule has 0 aliphatic rings. The zero-order valence-electron chi connectivity index (χ0n) is 78.1. The summed E-state index contributed by atoms with van der Waals surface area (Å²) in [7, 11) is 0. The van der Waals surface area contributed by atoms with E-state index >= 15 is 0 Å². The van der Waals surface area contributed by atoms with Gasteiger partial charge in [-0.05, 0) is 295 Å². The molecule has 11 heteroatoms. The average molecular weight is 1750 g/mol. The second-order valence-corrected chi connectivity index (χ2v) is 45.5. The van der Waals surface area contributed by atoms with E-state index < -0.39 is 11.6 Å². The van der Waals surface area contributed by atoms with Crippen LogP contribution in [-0.2, 0) is 57.8 Å². The molecule has 0 radical (unpaired) electrons. The number of hydrogen-bond donors (Lipinski definition) is 0. The van der Waals surface area contributed by atoms with E-state index in [2.05, 4.69) is 268 Å². The van der Waals surface area contributed by atoms with Crippen molar-refractivity contribution in [2.75, 3.05) is 0 Å². The Morgan fingerprint density at radius 3 is 0.974 bits per heavy atom. The average Bonchev–Trinajstić information content (AvgIpc) is 0.836. The number of rotatable bonds is 9. The lowest BCUT2D eigenvalue weighted by molar-refractivity contribution is 0.391. The molecule has 0 unspecified atom stereocenters. The minimum absolute atomic E-state index is 0.0441. The maximum atomic E-state index is 13.5. The monoisotopic (exact) mass is 1740 g/mol. The maximum Gasteiger partial charge on any atom is 0.129 e. The van der Waals surface area contributed by atoms with Gasteiger partial charge in [-0.1, -0.05) is 370 Å². The van der Waals surface area contributed by atoms with E-state index in [1.54, 1.807) is 12.1 Å². The molecule has 0 N–H and O–H groups in total. The molecule has 648 valence electrons. The van der Waals surface area contributed by atoms with Crippen molar-refractivity contribution < 1.29 is 17.6 Å². The predicted octanol–water partition coefficient (Wildman–Crippen LogP) is 36.8. The number of aryl methyl sites for hydroxylation is 6. The summed E-state index contributed by atoms with van der Waals surface area (Å²) in [6, 6.07) is 51.5. The van der Waals surface area contributed by atoms with E-state index in [4.69, 9.17) is 81.2 Å². The Balaban J connectivity index is 0.000000658. The summed E-state index contributed by atoms with van der Waals surface area (Å²) in [6.07, 6.45) is 8.18. The van der Waals surface area contributed by atoms with Crippen LogP contribution in [0.4, 0.5) is 17.6 Å². The van der Waals surface area contributed by atoms with Crippen LogP contribution in [0.3, 0.4) is 0 Å². The molecule has 117 heavy (non-hydrogen) atoms. The molecular weight excluding hydrogens is 1600 g/mol. The van der Waals surface area contributed by atoms with Gasteiger partial charge in [-0.15, -0.1) is 0 Å². The second-order valence-electron chi connectivity index (χ2n) is 42.6. The molecule has 0 nitrogen and oxygen atoms in total. The van der Waals surface area contributed by atoms with E-state index in [9.17, 15) is 17.6 Å². The van der Waals surface area contributed by atoms with Crippen LogP contribution in [-0.4, -0.2) is 0 Å². The third-order valence-corrected chi connectivity index (χ3v) is 19.5. The van der Waals surface area contributed by atoms with Crippen LogP contribution in [0.1, 0.15) is 276 Å². The Morgan fingerprint density at radius 1 is 0.222 bits per heavy atom. The molecule has 9 rings (SSSR count). The minimum Gasteiger partial charge on any atom is -0.207 e. The van der Waals surface area contributed by atoms with Crippen LogP contribution >= 0.6 is 81.2 Å². The normalized spacial score (nSPS) is 11.8. The van der Waals surface area contributed by atoms with Crippen molar-refractivity contribution in [1.82, 2.24) is 0 Å². The molecule has 0 aliphatic heterocycles. The summed E-state index contributed by atoms with van der Waals surface area (Å²) in [5.74, 6) is -1.15. The van der Waals surface area contributed by atoms with Gasteiger partial charge in [0.1, 0.15) is 23.3 Å². The zero-order valence-corrected chi connectivity index (χ0v) is 83.4. The van der Waals surface area contributed by atoms with Crippen LogP contribution < -0.4 is 0 Å². The first-order valence-electron chi connectivity index (χ1n) is 41.1. The standard InChI is InChI=1S/2C13H20.2C12H17Cl.C12H17F.2C11H14Cl2.C11H14ClF.C11H14F2/c1-10-6-11(2)8-12(7-10)9-13(3,4)5;1-10-7-6-8-12(11(10)2)9-13(3,4)5;1-9-5-10(7-11(13)6-9)8-12(2,3)4;1-9-5-6-10(11(13)7-9)8-12(2,3)4;1-9-6-5-7-10(11(9)13)8-12(2,3)4;1-11(2,3)7-8-6-9(12)4-5-10(8)13;3*1-11(2,3)7-8-9(12)5-4-6-10(8)13/h2*6-8H,9H2,1-5H3;3*5-7H,8H2,1-4H3;4*4-6H,7H2,1-3H3. The molecule has 9 aromatic rings. The van der Waals surface area contributed by atoms with Gasteiger partial charge in [-0.3, -0.25) is 0 Å². The number of benzene rings is 9. The van der Waals surface area contributed by atoms with Gasteiger partial charge >= 0.3 is 0 Å². The van der Waals surface area contributed by atoms with Gasteiger partial charge in [0.15, 0.2) is 0 Å². The van der Waals surface area contributed by atoms with E-state index in [0.717, 1.165) is 90.9 Å². The van der Waals surface area contributed by atoms with Crippen molar-refractivity contribution in [2.45, 2.75) is 293 Å². The highest BCUT2D eigenvalue weighted by atomic mass is 35.5. The Hall–Kier alpha value is -5.27. The molecule has 0 aromatic heterocycles. The van der Waals surface area contributed by atoms with Crippen molar-refractivity contribution in [2.24, 2.45) is 48.7 Å². The SMILES string of the molecule is CC(C)(C)Cc1c(Cl)cccc1Cl.CC(C)(C)Cc1c(F)cccc1Cl.CC(C)(C)Cc1c(F)cccc1F.CC(C)(C)Cc1cc(Cl)ccc1Cl.Cc1cc(C)cc(CC(C)(C)C)c1.Cc1cc(Cl)cc(CC(C)(C)C)c1.Cc1ccc(CC(C)(C)C)c(Cl)c1.Cc1cccc(CC(C)(C)C)c1C.Cc1cccc(CC(C)(C)C)c1F. The quantitative estimate of drug-likeness (QED) is 0.126. The highest BCUT2D eigenvalue weighted by Gasteiger charge is 2.22. The fourth-order valence-corrected chi connectivity index (χ4v) is 14.4. The number of halogens is 11. The van der Waals surface area contributed by atoms with Crippen LogP contribution in [0.15, 0.2) is 164 Å². The van der Waals surface area contributed by atoms with Gasteiger partial charge in [0, 0.05) is 46.3 Å². The summed E-state index contributed by atoms with van der Waals surface area (Å²) in [6.45, 7) is 73.3. The van der Waals surface area contributed by atoms with Crippen molar-refractivity contribution >= 4 is 81.2 Å².